The van der Waals surface area contributed by atoms with E-state index in [1.807, 2.05) is 32.9 Å². The van der Waals surface area contributed by atoms with E-state index in [1.165, 1.54) is 0 Å². The van der Waals surface area contributed by atoms with Gasteiger partial charge >= 0.3 is 6.09 Å². The Balaban J connectivity index is 1.71. The standard InChI is InChI=1S/C18H26ClN3O3/c1-18(2,3)25-17(24)22-12-10-21(11-13-22)9-8-16(23)20-15-7-5-4-6-14(15)19/h4-7H,8-13H2,1-3H3,(H,20,23). The van der Waals surface area contributed by atoms with Gasteiger partial charge in [0.05, 0.1) is 10.7 Å². The summed E-state index contributed by atoms with van der Waals surface area (Å²) in [7, 11) is 0. The summed E-state index contributed by atoms with van der Waals surface area (Å²) in [5.41, 5.74) is 0.147. The minimum Gasteiger partial charge on any atom is -0.444 e. The van der Waals surface area contributed by atoms with Crippen LogP contribution in [0.4, 0.5) is 10.5 Å². The van der Waals surface area contributed by atoms with Crippen molar-refractivity contribution in [2.45, 2.75) is 32.8 Å². The summed E-state index contributed by atoms with van der Waals surface area (Å²) >= 11 is 6.03. The van der Waals surface area contributed by atoms with Crippen molar-refractivity contribution in [3.63, 3.8) is 0 Å². The van der Waals surface area contributed by atoms with Crippen LogP contribution >= 0.6 is 11.6 Å². The number of carbonyl (C=O) groups excluding carboxylic acids is 2. The minimum atomic E-state index is -0.481. The van der Waals surface area contributed by atoms with Crippen LogP contribution in [0.15, 0.2) is 24.3 Å². The molecule has 0 radical (unpaired) electrons. The Bertz CT molecular complexity index is 608. The molecule has 7 heteroatoms. The second kappa shape index (κ2) is 8.54. The first-order valence-corrected chi connectivity index (χ1v) is 8.87. The second-order valence-electron chi connectivity index (χ2n) is 7.09. The third-order valence-electron chi connectivity index (χ3n) is 3.83. The van der Waals surface area contributed by atoms with Crippen molar-refractivity contribution < 1.29 is 14.3 Å². The highest BCUT2D eigenvalue weighted by atomic mass is 35.5. The van der Waals surface area contributed by atoms with Gasteiger partial charge in [0.1, 0.15) is 5.60 Å². The quantitative estimate of drug-likeness (QED) is 0.887. The zero-order chi connectivity index (χ0) is 18.4. The lowest BCUT2D eigenvalue weighted by Gasteiger charge is -2.35. The van der Waals surface area contributed by atoms with Crippen LogP contribution in [0.2, 0.25) is 5.02 Å². The first-order valence-electron chi connectivity index (χ1n) is 8.49. The molecule has 0 aliphatic carbocycles. The smallest absolute Gasteiger partial charge is 0.410 e. The number of carbonyl (C=O) groups is 2. The predicted octanol–water partition coefficient (Wildman–Crippen LogP) is 3.22. The van der Waals surface area contributed by atoms with Crippen molar-refractivity contribution in [2.75, 3.05) is 38.0 Å². The molecular formula is C18H26ClN3O3. The summed E-state index contributed by atoms with van der Waals surface area (Å²) in [6, 6.07) is 7.17. The lowest BCUT2D eigenvalue weighted by atomic mass is 10.2. The highest BCUT2D eigenvalue weighted by Crippen LogP contribution is 2.20. The fourth-order valence-corrected chi connectivity index (χ4v) is 2.70. The fourth-order valence-electron chi connectivity index (χ4n) is 2.52. The number of nitrogens with zero attached hydrogens (tertiary/aromatic N) is 2. The molecule has 0 unspecified atom stereocenters. The molecule has 1 aromatic carbocycles. The first-order chi connectivity index (χ1) is 11.7. The molecule has 0 saturated carbocycles. The van der Waals surface area contributed by atoms with Crippen LogP contribution in [0.3, 0.4) is 0 Å². The number of piperazine rings is 1. The number of hydrogen-bond acceptors (Lipinski definition) is 4. The molecule has 138 valence electrons. The summed E-state index contributed by atoms with van der Waals surface area (Å²) in [6.45, 7) is 8.92. The molecule has 1 aliphatic heterocycles. The van der Waals surface area contributed by atoms with Gasteiger partial charge in [-0.3, -0.25) is 9.69 Å². The maximum atomic E-state index is 12.1. The minimum absolute atomic E-state index is 0.0670. The number of para-hydroxylation sites is 1. The van der Waals surface area contributed by atoms with Crippen LogP contribution in [-0.4, -0.2) is 60.1 Å². The molecular weight excluding hydrogens is 342 g/mol. The summed E-state index contributed by atoms with van der Waals surface area (Å²) in [5.74, 6) is -0.0670. The van der Waals surface area contributed by atoms with Crippen molar-refractivity contribution in [3.8, 4) is 0 Å². The van der Waals surface area contributed by atoms with Crippen molar-refractivity contribution in [1.82, 2.24) is 9.80 Å². The van der Waals surface area contributed by atoms with Gasteiger partial charge in [0, 0.05) is 39.1 Å². The number of halogens is 1. The van der Waals surface area contributed by atoms with E-state index in [0.29, 0.717) is 36.8 Å². The molecule has 25 heavy (non-hydrogen) atoms. The van der Waals surface area contributed by atoms with Gasteiger partial charge in [-0.1, -0.05) is 23.7 Å². The fraction of sp³-hybridized carbons (Fsp3) is 0.556. The van der Waals surface area contributed by atoms with Crippen LogP contribution in [0.25, 0.3) is 0 Å². The van der Waals surface area contributed by atoms with Gasteiger partial charge in [-0.2, -0.15) is 0 Å². The van der Waals surface area contributed by atoms with Crippen LogP contribution < -0.4 is 5.32 Å². The molecule has 2 amide bonds. The maximum Gasteiger partial charge on any atom is 0.410 e. The largest absolute Gasteiger partial charge is 0.444 e. The van der Waals surface area contributed by atoms with E-state index < -0.39 is 5.60 Å². The topological polar surface area (TPSA) is 61.9 Å². The molecule has 1 heterocycles. The van der Waals surface area contributed by atoms with Crippen LogP contribution in [0.5, 0.6) is 0 Å². The lowest BCUT2D eigenvalue weighted by Crippen LogP contribution is -2.50. The van der Waals surface area contributed by atoms with Crippen molar-refractivity contribution in [1.29, 1.82) is 0 Å². The van der Waals surface area contributed by atoms with Crippen molar-refractivity contribution >= 4 is 29.3 Å². The van der Waals surface area contributed by atoms with Gasteiger partial charge in [0.2, 0.25) is 5.91 Å². The summed E-state index contributed by atoms with van der Waals surface area (Å²) < 4.78 is 5.38. The second-order valence-corrected chi connectivity index (χ2v) is 7.49. The molecule has 2 rings (SSSR count). The number of benzene rings is 1. The number of ether oxygens (including phenoxy) is 1. The molecule has 1 fully saturated rings. The third kappa shape index (κ3) is 6.55. The molecule has 0 aromatic heterocycles. The maximum absolute atomic E-state index is 12.1. The first kappa shape index (κ1) is 19.5. The summed E-state index contributed by atoms with van der Waals surface area (Å²) in [6.07, 6.45) is 0.112. The Morgan fingerprint density at radius 1 is 1.16 bits per heavy atom. The Kier molecular flexibility index (Phi) is 6.67. The lowest BCUT2D eigenvalue weighted by molar-refractivity contribution is -0.116. The monoisotopic (exact) mass is 367 g/mol. The van der Waals surface area contributed by atoms with E-state index in [4.69, 9.17) is 16.3 Å². The molecule has 0 atom stereocenters. The number of hydrogen-bond donors (Lipinski definition) is 1. The highest BCUT2D eigenvalue weighted by Gasteiger charge is 2.25. The van der Waals surface area contributed by atoms with Gasteiger partial charge in [-0.05, 0) is 32.9 Å². The molecule has 1 aromatic rings. The van der Waals surface area contributed by atoms with E-state index in [0.717, 1.165) is 13.1 Å². The van der Waals surface area contributed by atoms with Gasteiger partial charge in [-0.15, -0.1) is 0 Å². The van der Waals surface area contributed by atoms with Gasteiger partial charge in [0.15, 0.2) is 0 Å². The Labute approximate surface area is 154 Å². The highest BCUT2D eigenvalue weighted by molar-refractivity contribution is 6.33. The van der Waals surface area contributed by atoms with E-state index in [9.17, 15) is 9.59 Å². The number of anilines is 1. The molecule has 0 spiro atoms. The Hall–Kier alpha value is -1.79. The van der Waals surface area contributed by atoms with Gasteiger partial charge in [0.25, 0.3) is 0 Å². The SMILES string of the molecule is CC(C)(C)OC(=O)N1CCN(CCC(=O)Nc2ccccc2Cl)CC1. The average molecular weight is 368 g/mol. The Morgan fingerprint density at radius 2 is 1.80 bits per heavy atom. The predicted molar refractivity (Wildman–Crippen MR) is 98.9 cm³/mol. The van der Waals surface area contributed by atoms with E-state index in [-0.39, 0.29) is 12.0 Å². The molecule has 0 bridgehead atoms. The molecule has 1 aliphatic rings. The van der Waals surface area contributed by atoms with E-state index >= 15 is 0 Å². The summed E-state index contributed by atoms with van der Waals surface area (Å²) in [4.78, 5) is 28.0. The number of amides is 2. The van der Waals surface area contributed by atoms with Gasteiger partial charge in [-0.25, -0.2) is 4.79 Å². The molecule has 6 nitrogen and oxygen atoms in total. The normalized spacial score (nSPS) is 15.8. The van der Waals surface area contributed by atoms with Gasteiger partial charge < -0.3 is 15.0 Å². The zero-order valence-corrected chi connectivity index (χ0v) is 15.8. The molecule has 1 saturated heterocycles. The average Bonchev–Trinajstić information content (AvgIpc) is 2.54. The zero-order valence-electron chi connectivity index (χ0n) is 15.0. The Morgan fingerprint density at radius 3 is 2.40 bits per heavy atom. The van der Waals surface area contributed by atoms with Crippen LogP contribution in [0, 0.1) is 0 Å². The third-order valence-corrected chi connectivity index (χ3v) is 4.16. The summed E-state index contributed by atoms with van der Waals surface area (Å²) in [5, 5.41) is 3.35. The van der Waals surface area contributed by atoms with Crippen LogP contribution in [0.1, 0.15) is 27.2 Å². The van der Waals surface area contributed by atoms with Crippen molar-refractivity contribution in [3.05, 3.63) is 29.3 Å². The number of rotatable bonds is 4. The molecule has 1 N–H and O–H groups in total. The van der Waals surface area contributed by atoms with Crippen molar-refractivity contribution in [2.24, 2.45) is 0 Å². The van der Waals surface area contributed by atoms with Crippen LogP contribution in [-0.2, 0) is 9.53 Å². The van der Waals surface area contributed by atoms with E-state index in [2.05, 4.69) is 10.2 Å². The number of nitrogens with one attached hydrogen (secondary N) is 1. The van der Waals surface area contributed by atoms with E-state index in [1.54, 1.807) is 17.0 Å².